The quantitative estimate of drug-likeness (QED) is 0.678. The van der Waals surface area contributed by atoms with Crippen LogP contribution in [0.15, 0.2) is 6.20 Å². The number of ether oxygens (including phenoxy) is 2. The van der Waals surface area contributed by atoms with Crippen molar-refractivity contribution in [3.05, 3.63) is 11.8 Å². The fraction of sp³-hybridized carbons (Fsp3) is 0.722. The summed E-state index contributed by atoms with van der Waals surface area (Å²) < 4.78 is 11.2. The lowest BCUT2D eigenvalue weighted by Crippen LogP contribution is -2.32. The van der Waals surface area contributed by atoms with Gasteiger partial charge in [-0.05, 0) is 45.4 Å². The maximum atomic E-state index is 11.7. The van der Waals surface area contributed by atoms with E-state index in [1.807, 2.05) is 6.92 Å². The fourth-order valence-electron chi connectivity index (χ4n) is 3.58. The maximum Gasteiger partial charge on any atom is 0.254 e. The van der Waals surface area contributed by atoms with Crippen LogP contribution in [0.5, 0.6) is 0 Å². The van der Waals surface area contributed by atoms with Crippen LogP contribution >= 0.6 is 0 Å². The van der Waals surface area contributed by atoms with Crippen molar-refractivity contribution in [2.75, 3.05) is 30.5 Å². The number of nitrogens with two attached hydrogens (primary N) is 1. The molecule has 144 valence electrons. The number of nitrogens with one attached hydrogen (secondary N) is 2. The standard InChI is InChI=1S/C18H29N5O3/c1-2-26-14-7-5-12(6-8-14)22-18-20-10-15(16(19)24)17(23-18)21-13-4-3-9-25-11-13/h10,12-14H,2-9,11H2,1H3,(H2,19,24)(H2,20,21,22,23). The Kier molecular flexibility index (Phi) is 6.62. The van der Waals surface area contributed by atoms with Crippen LogP contribution < -0.4 is 16.4 Å². The number of carbonyl (C=O) groups is 1. The Morgan fingerprint density at radius 3 is 2.73 bits per heavy atom. The van der Waals surface area contributed by atoms with Gasteiger partial charge in [0.05, 0.1) is 24.3 Å². The van der Waals surface area contributed by atoms with Gasteiger partial charge in [-0.2, -0.15) is 4.98 Å². The van der Waals surface area contributed by atoms with Gasteiger partial charge in [0, 0.05) is 25.5 Å². The monoisotopic (exact) mass is 363 g/mol. The Bertz CT molecular complexity index is 598. The average molecular weight is 363 g/mol. The normalized spacial score (nSPS) is 26.3. The van der Waals surface area contributed by atoms with Crippen LogP contribution in [0.2, 0.25) is 0 Å². The second kappa shape index (κ2) is 9.14. The molecular formula is C18H29N5O3. The van der Waals surface area contributed by atoms with E-state index in [9.17, 15) is 4.79 Å². The van der Waals surface area contributed by atoms with Crippen LogP contribution in [0.4, 0.5) is 11.8 Å². The van der Waals surface area contributed by atoms with E-state index in [2.05, 4.69) is 20.6 Å². The summed E-state index contributed by atoms with van der Waals surface area (Å²) >= 11 is 0. The first-order valence-corrected chi connectivity index (χ1v) is 9.55. The second-order valence-electron chi connectivity index (χ2n) is 6.95. The molecular weight excluding hydrogens is 334 g/mol. The highest BCUT2D eigenvalue weighted by Gasteiger charge is 2.23. The van der Waals surface area contributed by atoms with E-state index in [-0.39, 0.29) is 6.04 Å². The number of carbonyl (C=O) groups excluding carboxylic acids is 1. The van der Waals surface area contributed by atoms with Gasteiger partial charge in [0.2, 0.25) is 5.95 Å². The predicted molar refractivity (Wildman–Crippen MR) is 99.3 cm³/mol. The van der Waals surface area contributed by atoms with Crippen molar-refractivity contribution in [2.45, 2.75) is 63.6 Å². The Hall–Kier alpha value is -1.93. The van der Waals surface area contributed by atoms with E-state index >= 15 is 0 Å². The molecule has 0 bridgehead atoms. The van der Waals surface area contributed by atoms with E-state index in [4.69, 9.17) is 15.2 Å². The summed E-state index contributed by atoms with van der Waals surface area (Å²) in [6.07, 6.45) is 7.94. The maximum absolute atomic E-state index is 11.7. The Labute approximate surface area is 154 Å². The minimum atomic E-state index is -0.534. The molecule has 2 heterocycles. The molecule has 0 aromatic carbocycles. The molecule has 1 aliphatic carbocycles. The smallest absolute Gasteiger partial charge is 0.254 e. The van der Waals surface area contributed by atoms with Gasteiger partial charge in [-0.25, -0.2) is 4.98 Å². The van der Waals surface area contributed by atoms with Crippen LogP contribution in [-0.2, 0) is 9.47 Å². The fourth-order valence-corrected chi connectivity index (χ4v) is 3.58. The molecule has 1 aliphatic heterocycles. The van der Waals surface area contributed by atoms with Gasteiger partial charge in [0.25, 0.3) is 5.91 Å². The third-order valence-electron chi connectivity index (χ3n) is 4.97. The number of nitrogens with zero attached hydrogens (tertiary/aromatic N) is 2. The third-order valence-corrected chi connectivity index (χ3v) is 4.97. The van der Waals surface area contributed by atoms with Crippen LogP contribution in [-0.4, -0.2) is 53.9 Å². The molecule has 2 aliphatic rings. The van der Waals surface area contributed by atoms with Gasteiger partial charge in [0.1, 0.15) is 5.82 Å². The zero-order valence-corrected chi connectivity index (χ0v) is 15.4. The molecule has 26 heavy (non-hydrogen) atoms. The molecule has 0 spiro atoms. The highest BCUT2D eigenvalue weighted by atomic mass is 16.5. The van der Waals surface area contributed by atoms with Gasteiger partial charge in [-0.1, -0.05) is 0 Å². The molecule has 8 nitrogen and oxygen atoms in total. The molecule has 1 aromatic rings. The number of hydrogen-bond donors (Lipinski definition) is 3. The van der Waals surface area contributed by atoms with E-state index in [0.29, 0.717) is 36.1 Å². The zero-order chi connectivity index (χ0) is 18.4. The summed E-state index contributed by atoms with van der Waals surface area (Å²) in [5, 5.41) is 6.68. The summed E-state index contributed by atoms with van der Waals surface area (Å²) in [6.45, 7) is 4.18. The lowest BCUT2D eigenvalue weighted by molar-refractivity contribution is 0.0346. The minimum absolute atomic E-state index is 0.131. The lowest BCUT2D eigenvalue weighted by atomic mass is 9.93. The van der Waals surface area contributed by atoms with E-state index in [1.54, 1.807) is 0 Å². The zero-order valence-electron chi connectivity index (χ0n) is 15.4. The van der Waals surface area contributed by atoms with Crippen molar-refractivity contribution >= 4 is 17.7 Å². The molecule has 2 fully saturated rings. The number of hydrogen-bond acceptors (Lipinski definition) is 7. The molecule has 3 rings (SSSR count). The molecule has 1 atom stereocenters. The van der Waals surface area contributed by atoms with Gasteiger partial charge in [0.15, 0.2) is 0 Å². The van der Waals surface area contributed by atoms with Gasteiger partial charge in [-0.15, -0.1) is 0 Å². The van der Waals surface area contributed by atoms with Gasteiger partial charge >= 0.3 is 0 Å². The van der Waals surface area contributed by atoms with Crippen molar-refractivity contribution in [3.63, 3.8) is 0 Å². The first kappa shape index (κ1) is 18.8. The lowest BCUT2D eigenvalue weighted by Gasteiger charge is -2.29. The number of rotatable bonds is 7. The van der Waals surface area contributed by atoms with Crippen LogP contribution in [0, 0.1) is 0 Å². The number of amides is 1. The molecule has 1 amide bonds. The highest BCUT2D eigenvalue weighted by Crippen LogP contribution is 2.24. The van der Waals surface area contributed by atoms with Crippen molar-refractivity contribution in [1.29, 1.82) is 0 Å². The molecule has 8 heteroatoms. The molecule has 1 aromatic heterocycles. The van der Waals surface area contributed by atoms with Crippen molar-refractivity contribution in [2.24, 2.45) is 5.73 Å². The van der Waals surface area contributed by atoms with E-state index < -0.39 is 5.91 Å². The second-order valence-corrected chi connectivity index (χ2v) is 6.95. The Morgan fingerprint density at radius 1 is 1.27 bits per heavy atom. The summed E-state index contributed by atoms with van der Waals surface area (Å²) in [6, 6.07) is 0.447. The first-order valence-electron chi connectivity index (χ1n) is 9.55. The summed E-state index contributed by atoms with van der Waals surface area (Å²) in [5.74, 6) is 0.468. The summed E-state index contributed by atoms with van der Waals surface area (Å²) in [4.78, 5) is 20.5. The molecule has 1 unspecified atom stereocenters. The highest BCUT2D eigenvalue weighted by molar-refractivity contribution is 5.97. The topological polar surface area (TPSA) is 111 Å². The largest absolute Gasteiger partial charge is 0.379 e. The minimum Gasteiger partial charge on any atom is -0.379 e. The number of primary amides is 1. The van der Waals surface area contributed by atoms with Crippen molar-refractivity contribution in [3.8, 4) is 0 Å². The third kappa shape index (κ3) is 5.04. The van der Waals surface area contributed by atoms with E-state index in [1.165, 1.54) is 6.20 Å². The van der Waals surface area contributed by atoms with Gasteiger partial charge in [-0.3, -0.25) is 4.79 Å². The van der Waals surface area contributed by atoms with Crippen molar-refractivity contribution < 1.29 is 14.3 Å². The predicted octanol–water partition coefficient (Wildman–Crippen LogP) is 1.93. The molecule has 0 radical (unpaired) electrons. The summed E-state index contributed by atoms with van der Waals surface area (Å²) in [5.41, 5.74) is 5.78. The molecule has 1 saturated carbocycles. The van der Waals surface area contributed by atoms with Crippen LogP contribution in [0.1, 0.15) is 55.8 Å². The Balaban J connectivity index is 1.64. The van der Waals surface area contributed by atoms with E-state index in [0.717, 1.165) is 51.7 Å². The first-order chi connectivity index (χ1) is 12.7. The number of aromatic nitrogens is 2. The van der Waals surface area contributed by atoms with Crippen molar-refractivity contribution in [1.82, 2.24) is 9.97 Å². The number of anilines is 2. The summed E-state index contributed by atoms with van der Waals surface area (Å²) in [7, 11) is 0. The average Bonchev–Trinajstić information content (AvgIpc) is 2.64. The van der Waals surface area contributed by atoms with Crippen LogP contribution in [0.25, 0.3) is 0 Å². The molecule has 1 saturated heterocycles. The van der Waals surface area contributed by atoms with Crippen LogP contribution in [0.3, 0.4) is 0 Å². The molecule has 4 N–H and O–H groups in total. The Morgan fingerprint density at radius 2 is 2.08 bits per heavy atom. The van der Waals surface area contributed by atoms with Gasteiger partial charge < -0.3 is 25.8 Å². The SMILES string of the molecule is CCOC1CCC(Nc2ncc(C(N)=O)c(NC3CCCOC3)n2)CC1.